The zero-order chi connectivity index (χ0) is 23.4. The first-order chi connectivity index (χ1) is 15.0. The fourth-order valence-corrected chi connectivity index (χ4v) is 8.27. The number of rotatable bonds is 3. The topological polar surface area (TPSA) is 52.7 Å². The average molecular weight is 444 g/mol. The van der Waals surface area contributed by atoms with E-state index in [1.165, 1.54) is 30.7 Å². The Morgan fingerprint density at radius 1 is 1.09 bits per heavy atom. The lowest BCUT2D eigenvalue weighted by molar-refractivity contribution is -0.140. The second-order valence-electron chi connectivity index (χ2n) is 12.2. The van der Waals surface area contributed by atoms with Crippen LogP contribution in [0.5, 0.6) is 0 Å². The van der Waals surface area contributed by atoms with E-state index in [0.717, 1.165) is 31.6 Å². The number of amides is 3. The van der Waals surface area contributed by atoms with Crippen molar-refractivity contribution in [2.75, 3.05) is 13.6 Å². The van der Waals surface area contributed by atoms with Crippen LogP contribution in [0.1, 0.15) is 86.5 Å². The van der Waals surface area contributed by atoms with Gasteiger partial charge in [-0.05, 0) is 95.8 Å². The summed E-state index contributed by atoms with van der Waals surface area (Å²) < 4.78 is 0. The van der Waals surface area contributed by atoms with Gasteiger partial charge >= 0.3 is 6.03 Å². The number of fused-ring (bicyclic) bond motifs is 5. The molecule has 1 aliphatic heterocycles. The molecule has 0 aromatic rings. The first-order valence-electron chi connectivity index (χ1n) is 13.1. The zero-order valence-corrected chi connectivity index (χ0v) is 21.4. The molecule has 1 heterocycles. The van der Waals surface area contributed by atoms with Gasteiger partial charge in [0.25, 0.3) is 0 Å². The van der Waals surface area contributed by atoms with Crippen LogP contribution in [0, 0.1) is 34.5 Å². The van der Waals surface area contributed by atoms with E-state index in [9.17, 15) is 9.59 Å². The van der Waals surface area contributed by atoms with Crippen LogP contribution in [0.15, 0.2) is 11.8 Å². The summed E-state index contributed by atoms with van der Waals surface area (Å²) in [6, 6.07) is -0.336. The standard InChI is InChI=1S/C27H45N3O2/c1-17(2)28-25(32)30(18(3)4)24(31)22-11-10-20-19-9-12-23-27(6,14-8-16-29(23)7)21(19)13-15-26(20,22)5/h12,17-22H,8-11,13-16H2,1-7H3,(H,28,32)/t19-,20-,21-,22+,26-,27+/m0/s1. The second kappa shape index (κ2) is 8.36. The van der Waals surface area contributed by atoms with Gasteiger partial charge in [-0.25, -0.2) is 4.79 Å². The van der Waals surface area contributed by atoms with E-state index >= 15 is 0 Å². The van der Waals surface area contributed by atoms with Crippen molar-refractivity contribution in [3.05, 3.63) is 11.8 Å². The molecule has 6 atom stereocenters. The number of urea groups is 1. The predicted molar refractivity (Wildman–Crippen MR) is 129 cm³/mol. The summed E-state index contributed by atoms with van der Waals surface area (Å²) in [5, 5.41) is 2.95. The van der Waals surface area contributed by atoms with Gasteiger partial charge in [0.1, 0.15) is 0 Å². The molecular formula is C27H45N3O2. The van der Waals surface area contributed by atoms with Gasteiger partial charge in [0.2, 0.25) is 5.91 Å². The Morgan fingerprint density at radius 2 is 1.81 bits per heavy atom. The molecule has 0 aromatic carbocycles. The van der Waals surface area contributed by atoms with Crippen LogP contribution in [0.2, 0.25) is 0 Å². The van der Waals surface area contributed by atoms with Crippen LogP contribution in [0.4, 0.5) is 4.79 Å². The molecule has 32 heavy (non-hydrogen) atoms. The molecule has 0 radical (unpaired) electrons. The summed E-state index contributed by atoms with van der Waals surface area (Å²) in [6.45, 7) is 13.9. The molecule has 1 N–H and O–H groups in total. The predicted octanol–water partition coefficient (Wildman–Crippen LogP) is 5.42. The number of carbonyl (C=O) groups excluding carboxylic acids is 2. The number of nitrogens with zero attached hydrogens (tertiary/aromatic N) is 2. The van der Waals surface area contributed by atoms with Gasteiger partial charge in [0.15, 0.2) is 0 Å². The smallest absolute Gasteiger partial charge is 0.324 e. The Bertz CT molecular complexity index is 790. The molecule has 4 aliphatic rings. The van der Waals surface area contributed by atoms with Gasteiger partial charge in [-0.1, -0.05) is 19.9 Å². The summed E-state index contributed by atoms with van der Waals surface area (Å²) in [6.07, 6.45) is 10.6. The van der Waals surface area contributed by atoms with Crippen LogP contribution < -0.4 is 5.32 Å². The molecule has 0 aromatic heterocycles. The first kappa shape index (κ1) is 23.6. The normalized spacial score (nSPS) is 38.7. The highest BCUT2D eigenvalue weighted by atomic mass is 16.2. The van der Waals surface area contributed by atoms with Gasteiger partial charge in [-0.2, -0.15) is 0 Å². The summed E-state index contributed by atoms with van der Waals surface area (Å²) in [5.74, 6) is 1.99. The quantitative estimate of drug-likeness (QED) is 0.634. The van der Waals surface area contributed by atoms with E-state index in [-0.39, 0.29) is 35.4 Å². The Kier molecular flexibility index (Phi) is 6.17. The van der Waals surface area contributed by atoms with Crippen LogP contribution >= 0.6 is 0 Å². The van der Waals surface area contributed by atoms with E-state index in [0.29, 0.717) is 17.3 Å². The SMILES string of the molecule is CC(C)NC(=O)N(C(=O)[C@H]1CC[C@H]2[C@@H]3CC=C4N(C)CCC[C@]4(C)[C@H]3CC[C@]12C)C(C)C. The van der Waals surface area contributed by atoms with Gasteiger partial charge in [-0.15, -0.1) is 0 Å². The highest BCUT2D eigenvalue weighted by Crippen LogP contribution is 2.66. The summed E-state index contributed by atoms with van der Waals surface area (Å²) in [5.41, 5.74) is 1.88. The Morgan fingerprint density at radius 3 is 2.47 bits per heavy atom. The third kappa shape index (κ3) is 3.58. The Hall–Kier alpha value is -1.52. The van der Waals surface area contributed by atoms with Crippen LogP contribution in [-0.4, -0.2) is 47.4 Å². The first-order valence-corrected chi connectivity index (χ1v) is 13.1. The molecular weight excluding hydrogens is 398 g/mol. The van der Waals surface area contributed by atoms with Crippen LogP contribution in [0.25, 0.3) is 0 Å². The number of hydrogen-bond acceptors (Lipinski definition) is 3. The number of imide groups is 1. The fraction of sp³-hybridized carbons (Fsp3) is 0.852. The van der Waals surface area contributed by atoms with E-state index in [1.54, 1.807) is 5.70 Å². The number of nitrogens with one attached hydrogen (secondary N) is 1. The lowest BCUT2D eigenvalue weighted by Gasteiger charge is -2.58. The molecule has 2 saturated carbocycles. The summed E-state index contributed by atoms with van der Waals surface area (Å²) in [7, 11) is 2.27. The molecule has 3 fully saturated rings. The largest absolute Gasteiger partial charge is 0.378 e. The number of allylic oxidation sites excluding steroid dienone is 2. The lowest BCUT2D eigenvalue weighted by Crippen LogP contribution is -2.56. The molecule has 3 amide bonds. The van der Waals surface area contributed by atoms with Crippen molar-refractivity contribution in [3.63, 3.8) is 0 Å². The third-order valence-electron chi connectivity index (χ3n) is 9.71. The average Bonchev–Trinajstić information content (AvgIpc) is 3.04. The van der Waals surface area contributed by atoms with E-state index in [4.69, 9.17) is 0 Å². The maximum Gasteiger partial charge on any atom is 0.324 e. The van der Waals surface area contributed by atoms with Crippen LogP contribution in [-0.2, 0) is 4.79 Å². The minimum atomic E-state index is -0.233. The monoisotopic (exact) mass is 443 g/mol. The van der Waals surface area contributed by atoms with E-state index < -0.39 is 0 Å². The fourth-order valence-electron chi connectivity index (χ4n) is 8.27. The zero-order valence-electron chi connectivity index (χ0n) is 21.4. The lowest BCUT2D eigenvalue weighted by atomic mass is 9.49. The maximum absolute atomic E-state index is 13.8. The molecule has 3 aliphatic carbocycles. The molecule has 1 saturated heterocycles. The molecule has 4 rings (SSSR count). The molecule has 5 nitrogen and oxygen atoms in total. The summed E-state index contributed by atoms with van der Waals surface area (Å²) in [4.78, 5) is 30.7. The Labute approximate surface area is 195 Å². The van der Waals surface area contributed by atoms with E-state index in [2.05, 4.69) is 37.2 Å². The molecule has 5 heteroatoms. The highest BCUT2D eigenvalue weighted by molar-refractivity contribution is 5.96. The van der Waals surface area contributed by atoms with Crippen molar-refractivity contribution in [2.24, 2.45) is 34.5 Å². The number of piperidine rings is 1. The van der Waals surface area contributed by atoms with Gasteiger partial charge < -0.3 is 10.2 Å². The van der Waals surface area contributed by atoms with Crippen molar-refractivity contribution in [1.29, 1.82) is 0 Å². The highest BCUT2D eigenvalue weighted by Gasteiger charge is 2.60. The van der Waals surface area contributed by atoms with Crippen molar-refractivity contribution >= 4 is 11.9 Å². The number of likely N-dealkylation sites (tertiary alicyclic amines) is 1. The minimum absolute atomic E-state index is 0.00573. The summed E-state index contributed by atoms with van der Waals surface area (Å²) >= 11 is 0. The van der Waals surface area contributed by atoms with Gasteiger partial charge in [0, 0.05) is 42.7 Å². The van der Waals surface area contributed by atoms with Crippen molar-refractivity contribution in [1.82, 2.24) is 15.1 Å². The van der Waals surface area contributed by atoms with Crippen molar-refractivity contribution in [2.45, 2.75) is 98.6 Å². The van der Waals surface area contributed by atoms with Crippen molar-refractivity contribution in [3.8, 4) is 0 Å². The second-order valence-corrected chi connectivity index (χ2v) is 12.2. The van der Waals surface area contributed by atoms with Crippen molar-refractivity contribution < 1.29 is 9.59 Å². The minimum Gasteiger partial charge on any atom is -0.378 e. The molecule has 0 spiro atoms. The molecule has 0 unspecified atom stereocenters. The van der Waals surface area contributed by atoms with Crippen LogP contribution in [0.3, 0.4) is 0 Å². The molecule has 0 bridgehead atoms. The van der Waals surface area contributed by atoms with E-state index in [1.807, 2.05) is 27.7 Å². The van der Waals surface area contributed by atoms with Gasteiger partial charge in [-0.3, -0.25) is 9.69 Å². The molecule has 180 valence electrons. The maximum atomic E-state index is 13.8. The number of carbonyl (C=O) groups is 2. The van der Waals surface area contributed by atoms with Gasteiger partial charge in [0.05, 0.1) is 0 Å². The third-order valence-corrected chi connectivity index (χ3v) is 9.71. The Balaban J connectivity index is 1.59. The number of hydrogen-bond donors (Lipinski definition) is 1.